The Bertz CT molecular complexity index is 807. The molecule has 0 aliphatic heterocycles. The number of nitrogens with zero attached hydrogens (tertiary/aromatic N) is 2. The number of imidazole rings is 1. The molecule has 0 spiro atoms. The molecule has 4 rings (SSSR count). The molecule has 1 atom stereocenters. The van der Waals surface area contributed by atoms with Crippen molar-refractivity contribution in [3.63, 3.8) is 0 Å². The molecule has 0 saturated carbocycles. The number of aromatic nitrogens is 2. The van der Waals surface area contributed by atoms with E-state index in [0.717, 1.165) is 24.0 Å². The molecule has 0 fully saturated rings. The number of fused-ring (bicyclic) bond motifs is 2. The number of nitrogen functional groups attached to an aromatic ring is 1. The third-order valence-electron chi connectivity index (χ3n) is 4.10. The van der Waals surface area contributed by atoms with Crippen LogP contribution in [0.1, 0.15) is 17.0 Å². The second-order valence-electron chi connectivity index (χ2n) is 5.31. The molecule has 2 aromatic carbocycles. The SMILES string of the molecule is Nc1nc2ccc(F)cc2n1CC1Cc2ccccc21. The molecule has 4 heteroatoms. The van der Waals surface area contributed by atoms with Crippen LogP contribution in [0.4, 0.5) is 10.3 Å². The first kappa shape index (κ1) is 11.5. The second-order valence-corrected chi connectivity index (χ2v) is 5.31. The van der Waals surface area contributed by atoms with Crippen molar-refractivity contribution in [1.82, 2.24) is 9.55 Å². The van der Waals surface area contributed by atoms with Crippen molar-refractivity contribution in [1.29, 1.82) is 0 Å². The summed E-state index contributed by atoms with van der Waals surface area (Å²) in [4.78, 5) is 4.30. The topological polar surface area (TPSA) is 43.8 Å². The summed E-state index contributed by atoms with van der Waals surface area (Å²) in [5, 5.41) is 0. The van der Waals surface area contributed by atoms with Gasteiger partial charge in [-0.3, -0.25) is 0 Å². The number of halogens is 1. The fraction of sp³-hybridized carbons (Fsp3) is 0.188. The first-order valence-corrected chi connectivity index (χ1v) is 6.71. The Labute approximate surface area is 115 Å². The van der Waals surface area contributed by atoms with Gasteiger partial charge in [-0.25, -0.2) is 9.37 Å². The van der Waals surface area contributed by atoms with Crippen molar-refractivity contribution in [2.45, 2.75) is 18.9 Å². The largest absolute Gasteiger partial charge is 0.369 e. The molecule has 1 aromatic heterocycles. The van der Waals surface area contributed by atoms with Gasteiger partial charge < -0.3 is 10.3 Å². The summed E-state index contributed by atoms with van der Waals surface area (Å²) < 4.78 is 15.3. The van der Waals surface area contributed by atoms with Crippen molar-refractivity contribution < 1.29 is 4.39 Å². The lowest BCUT2D eigenvalue weighted by Gasteiger charge is -2.30. The lowest BCUT2D eigenvalue weighted by atomic mass is 9.77. The molecule has 1 aliphatic rings. The van der Waals surface area contributed by atoms with E-state index in [9.17, 15) is 4.39 Å². The molecular weight excluding hydrogens is 253 g/mol. The Morgan fingerprint density at radius 2 is 2.10 bits per heavy atom. The second kappa shape index (κ2) is 4.07. The number of rotatable bonds is 2. The highest BCUT2D eigenvalue weighted by Crippen LogP contribution is 2.37. The number of hydrogen-bond donors (Lipinski definition) is 1. The van der Waals surface area contributed by atoms with Crippen LogP contribution < -0.4 is 5.73 Å². The molecule has 0 saturated heterocycles. The molecule has 1 heterocycles. The Balaban J connectivity index is 1.73. The van der Waals surface area contributed by atoms with Gasteiger partial charge in [-0.2, -0.15) is 0 Å². The summed E-state index contributed by atoms with van der Waals surface area (Å²) in [6, 6.07) is 13.0. The third kappa shape index (κ3) is 1.61. The quantitative estimate of drug-likeness (QED) is 0.775. The highest BCUT2D eigenvalue weighted by atomic mass is 19.1. The van der Waals surface area contributed by atoms with Gasteiger partial charge in [0.2, 0.25) is 5.95 Å². The number of anilines is 1. The molecular formula is C16H14FN3. The molecule has 0 amide bonds. The molecule has 3 nitrogen and oxygen atoms in total. The maximum atomic E-state index is 13.4. The van der Waals surface area contributed by atoms with Gasteiger partial charge in [0.15, 0.2) is 0 Å². The zero-order valence-electron chi connectivity index (χ0n) is 10.9. The van der Waals surface area contributed by atoms with E-state index in [1.165, 1.54) is 23.3 Å². The minimum atomic E-state index is -0.257. The fourth-order valence-electron chi connectivity index (χ4n) is 3.05. The summed E-state index contributed by atoms with van der Waals surface area (Å²) >= 11 is 0. The van der Waals surface area contributed by atoms with Crippen LogP contribution in [0.3, 0.4) is 0 Å². The van der Waals surface area contributed by atoms with Crippen molar-refractivity contribution in [2.24, 2.45) is 0 Å². The lowest BCUT2D eigenvalue weighted by Crippen LogP contribution is -2.22. The van der Waals surface area contributed by atoms with Gasteiger partial charge in [-0.05, 0) is 35.7 Å². The van der Waals surface area contributed by atoms with Crippen LogP contribution in [-0.2, 0) is 13.0 Å². The summed E-state index contributed by atoms with van der Waals surface area (Å²) in [5.41, 5.74) is 10.3. The van der Waals surface area contributed by atoms with Crippen LogP contribution in [-0.4, -0.2) is 9.55 Å². The number of benzene rings is 2. The maximum Gasteiger partial charge on any atom is 0.201 e. The zero-order chi connectivity index (χ0) is 13.7. The van der Waals surface area contributed by atoms with E-state index in [1.807, 2.05) is 4.57 Å². The van der Waals surface area contributed by atoms with Crippen molar-refractivity contribution in [3.05, 3.63) is 59.4 Å². The predicted molar refractivity (Wildman–Crippen MR) is 77.0 cm³/mol. The van der Waals surface area contributed by atoms with E-state index in [2.05, 4.69) is 29.2 Å². The van der Waals surface area contributed by atoms with Gasteiger partial charge in [0, 0.05) is 12.5 Å². The van der Waals surface area contributed by atoms with Gasteiger partial charge in [-0.15, -0.1) is 0 Å². The molecule has 2 N–H and O–H groups in total. The standard InChI is InChI=1S/C16H14FN3/c17-12-5-6-14-15(8-12)20(16(18)19-14)9-11-7-10-3-1-2-4-13(10)11/h1-6,8,11H,7,9H2,(H2,18,19). The molecule has 100 valence electrons. The number of hydrogen-bond acceptors (Lipinski definition) is 2. The Kier molecular flexibility index (Phi) is 2.33. The summed E-state index contributed by atoms with van der Waals surface area (Å²) in [7, 11) is 0. The Hall–Kier alpha value is -2.36. The van der Waals surface area contributed by atoms with E-state index in [-0.39, 0.29) is 5.82 Å². The van der Waals surface area contributed by atoms with E-state index < -0.39 is 0 Å². The van der Waals surface area contributed by atoms with Gasteiger partial charge in [0.25, 0.3) is 0 Å². The van der Waals surface area contributed by atoms with Crippen LogP contribution in [0.25, 0.3) is 11.0 Å². The summed E-state index contributed by atoms with van der Waals surface area (Å²) in [5.74, 6) is 0.636. The first-order chi connectivity index (χ1) is 9.72. The smallest absolute Gasteiger partial charge is 0.201 e. The zero-order valence-corrected chi connectivity index (χ0v) is 10.9. The minimum Gasteiger partial charge on any atom is -0.369 e. The average Bonchev–Trinajstić information content (AvgIpc) is 2.72. The Morgan fingerprint density at radius 3 is 2.95 bits per heavy atom. The van der Waals surface area contributed by atoms with Crippen molar-refractivity contribution >= 4 is 17.0 Å². The van der Waals surface area contributed by atoms with Crippen molar-refractivity contribution in [3.8, 4) is 0 Å². The molecule has 0 bridgehead atoms. The lowest BCUT2D eigenvalue weighted by molar-refractivity contribution is 0.520. The normalized spacial score (nSPS) is 16.9. The van der Waals surface area contributed by atoms with Gasteiger partial charge in [0.05, 0.1) is 11.0 Å². The van der Waals surface area contributed by atoms with Crippen LogP contribution in [0.15, 0.2) is 42.5 Å². The van der Waals surface area contributed by atoms with Gasteiger partial charge in [-0.1, -0.05) is 24.3 Å². The molecule has 20 heavy (non-hydrogen) atoms. The minimum absolute atomic E-state index is 0.257. The summed E-state index contributed by atoms with van der Waals surface area (Å²) in [6.07, 6.45) is 1.05. The van der Waals surface area contributed by atoms with Crippen LogP contribution in [0.5, 0.6) is 0 Å². The fourth-order valence-corrected chi connectivity index (χ4v) is 3.05. The van der Waals surface area contributed by atoms with E-state index >= 15 is 0 Å². The molecule has 1 aliphatic carbocycles. The number of nitrogens with two attached hydrogens (primary N) is 1. The maximum absolute atomic E-state index is 13.4. The van der Waals surface area contributed by atoms with Gasteiger partial charge >= 0.3 is 0 Å². The van der Waals surface area contributed by atoms with Gasteiger partial charge in [0.1, 0.15) is 5.82 Å². The molecule has 1 unspecified atom stereocenters. The average molecular weight is 267 g/mol. The predicted octanol–water partition coefficient (Wildman–Crippen LogP) is 3.10. The van der Waals surface area contributed by atoms with Crippen molar-refractivity contribution in [2.75, 3.05) is 5.73 Å². The summed E-state index contributed by atoms with van der Waals surface area (Å²) in [6.45, 7) is 0.753. The highest BCUT2D eigenvalue weighted by Gasteiger charge is 2.26. The first-order valence-electron chi connectivity index (χ1n) is 6.71. The Morgan fingerprint density at radius 1 is 1.25 bits per heavy atom. The van der Waals surface area contributed by atoms with Crippen LogP contribution in [0, 0.1) is 5.82 Å². The van der Waals surface area contributed by atoms with E-state index in [4.69, 9.17) is 5.73 Å². The third-order valence-corrected chi connectivity index (χ3v) is 4.10. The highest BCUT2D eigenvalue weighted by molar-refractivity contribution is 5.78. The monoisotopic (exact) mass is 267 g/mol. The molecule has 0 radical (unpaired) electrons. The van der Waals surface area contributed by atoms with Crippen LogP contribution >= 0.6 is 0 Å². The molecule has 3 aromatic rings. The van der Waals surface area contributed by atoms with Crippen LogP contribution in [0.2, 0.25) is 0 Å². The van der Waals surface area contributed by atoms with E-state index in [0.29, 0.717) is 11.9 Å². The van der Waals surface area contributed by atoms with E-state index in [1.54, 1.807) is 6.07 Å².